The molecule has 6 heteroatoms. The summed E-state index contributed by atoms with van der Waals surface area (Å²) in [5, 5.41) is 15.4. The smallest absolute Gasteiger partial charge is 0.317 e. The molecule has 1 aromatic carbocycles. The molecule has 2 aliphatic heterocycles. The van der Waals surface area contributed by atoms with Gasteiger partial charge in [-0.3, -0.25) is 4.90 Å². The van der Waals surface area contributed by atoms with Crippen molar-refractivity contribution in [3.05, 3.63) is 57.8 Å². The molecule has 2 aliphatic rings. The lowest BCUT2D eigenvalue weighted by Crippen LogP contribution is -2.45. The molecule has 0 spiro atoms. The molecule has 1 saturated heterocycles. The van der Waals surface area contributed by atoms with Crippen LogP contribution in [0.4, 0.5) is 4.79 Å². The first-order chi connectivity index (χ1) is 13.2. The molecule has 0 radical (unpaired) electrons. The van der Waals surface area contributed by atoms with Crippen molar-refractivity contribution < 1.29 is 9.90 Å². The van der Waals surface area contributed by atoms with E-state index in [9.17, 15) is 9.90 Å². The number of nitrogens with one attached hydrogen (secondary N) is 1. The minimum absolute atomic E-state index is 0.0637. The molecule has 2 unspecified atom stereocenters. The van der Waals surface area contributed by atoms with Gasteiger partial charge in [0.25, 0.3) is 0 Å². The van der Waals surface area contributed by atoms with Gasteiger partial charge in [-0.15, -0.1) is 11.3 Å². The molecular formula is C21H27N3O2S. The van der Waals surface area contributed by atoms with Crippen LogP contribution in [-0.4, -0.2) is 59.8 Å². The van der Waals surface area contributed by atoms with Gasteiger partial charge in [0.05, 0.1) is 6.10 Å². The van der Waals surface area contributed by atoms with Crippen LogP contribution in [0.2, 0.25) is 0 Å². The third-order valence-corrected chi connectivity index (χ3v) is 6.61. The Hall–Kier alpha value is -1.89. The van der Waals surface area contributed by atoms with Gasteiger partial charge in [-0.25, -0.2) is 4.79 Å². The van der Waals surface area contributed by atoms with E-state index in [1.165, 1.54) is 16.0 Å². The number of β-amino-alcohol motifs (C(OH)–C–C–N with tert-alkyl or cyclic N) is 1. The number of aliphatic hydroxyl groups is 1. The number of amides is 2. The summed E-state index contributed by atoms with van der Waals surface area (Å²) in [6, 6.07) is 12.5. The Kier molecular flexibility index (Phi) is 5.76. The summed E-state index contributed by atoms with van der Waals surface area (Å²) in [6.07, 6.45) is 1.51. The van der Waals surface area contributed by atoms with E-state index in [-0.39, 0.29) is 6.03 Å². The molecule has 1 aromatic heterocycles. The molecule has 2 atom stereocenters. The van der Waals surface area contributed by atoms with Crippen LogP contribution in [0, 0.1) is 0 Å². The summed E-state index contributed by atoms with van der Waals surface area (Å²) in [7, 11) is 0. The predicted octanol–water partition coefficient (Wildman–Crippen LogP) is 2.67. The van der Waals surface area contributed by atoms with Crippen LogP contribution in [0.1, 0.15) is 28.3 Å². The van der Waals surface area contributed by atoms with Crippen molar-refractivity contribution in [1.29, 1.82) is 0 Å². The van der Waals surface area contributed by atoms with Crippen LogP contribution in [-0.2, 0) is 13.0 Å². The normalized spacial score (nSPS) is 21.1. The van der Waals surface area contributed by atoms with Crippen LogP contribution in [0.5, 0.6) is 0 Å². The molecule has 5 nitrogen and oxygen atoms in total. The summed E-state index contributed by atoms with van der Waals surface area (Å²) < 4.78 is 0. The first kappa shape index (κ1) is 18.5. The number of aliphatic hydroxyl groups excluding tert-OH is 1. The second-order valence-electron chi connectivity index (χ2n) is 7.54. The zero-order valence-corrected chi connectivity index (χ0v) is 16.3. The van der Waals surface area contributed by atoms with Crippen molar-refractivity contribution >= 4 is 17.4 Å². The third-order valence-electron chi connectivity index (χ3n) is 5.59. The lowest BCUT2D eigenvalue weighted by molar-refractivity contribution is 0.104. The van der Waals surface area contributed by atoms with E-state index in [2.05, 4.69) is 33.8 Å². The fourth-order valence-electron chi connectivity index (χ4n) is 4.08. The van der Waals surface area contributed by atoms with E-state index in [0.29, 0.717) is 19.0 Å². The molecule has 0 saturated carbocycles. The Balaban J connectivity index is 1.20. The molecule has 2 N–H and O–H groups in total. The number of likely N-dealkylation sites (tertiary alicyclic amines) is 1. The largest absolute Gasteiger partial charge is 0.390 e. The SMILES string of the molecule is O=C(NCC(O)CN1CCc2sccc2C1)N1CCC(c2ccccc2)C1. The zero-order chi connectivity index (χ0) is 18.6. The molecule has 0 bridgehead atoms. The summed E-state index contributed by atoms with van der Waals surface area (Å²) in [5.74, 6) is 0.412. The summed E-state index contributed by atoms with van der Waals surface area (Å²) >= 11 is 1.82. The number of urea groups is 1. The Bertz CT molecular complexity index is 764. The van der Waals surface area contributed by atoms with E-state index < -0.39 is 6.10 Å². The third kappa shape index (κ3) is 4.51. The van der Waals surface area contributed by atoms with Crippen molar-refractivity contribution in [2.75, 3.05) is 32.7 Å². The highest BCUT2D eigenvalue weighted by atomic mass is 32.1. The number of hydrogen-bond donors (Lipinski definition) is 2. The second kappa shape index (κ2) is 8.42. The average Bonchev–Trinajstić information content (AvgIpc) is 3.36. The van der Waals surface area contributed by atoms with Gasteiger partial charge in [-0.2, -0.15) is 0 Å². The van der Waals surface area contributed by atoms with Crippen molar-refractivity contribution in [3.8, 4) is 0 Å². The first-order valence-electron chi connectivity index (χ1n) is 9.72. The second-order valence-corrected chi connectivity index (χ2v) is 8.54. The summed E-state index contributed by atoms with van der Waals surface area (Å²) in [4.78, 5) is 18.0. The maximum atomic E-state index is 12.4. The predicted molar refractivity (Wildman–Crippen MR) is 108 cm³/mol. The molecular weight excluding hydrogens is 358 g/mol. The molecule has 2 aromatic rings. The highest BCUT2D eigenvalue weighted by Gasteiger charge is 2.27. The van der Waals surface area contributed by atoms with Crippen LogP contribution < -0.4 is 5.32 Å². The van der Waals surface area contributed by atoms with Crippen molar-refractivity contribution in [1.82, 2.24) is 15.1 Å². The molecule has 27 heavy (non-hydrogen) atoms. The topological polar surface area (TPSA) is 55.8 Å². The van der Waals surface area contributed by atoms with Crippen molar-refractivity contribution in [2.45, 2.75) is 31.4 Å². The average molecular weight is 386 g/mol. The van der Waals surface area contributed by atoms with Gasteiger partial charge >= 0.3 is 6.03 Å². The first-order valence-corrected chi connectivity index (χ1v) is 10.6. The zero-order valence-electron chi connectivity index (χ0n) is 15.5. The van der Waals surface area contributed by atoms with E-state index in [0.717, 1.165) is 39.0 Å². The van der Waals surface area contributed by atoms with Gasteiger partial charge in [0.2, 0.25) is 0 Å². The number of thiophene rings is 1. The summed E-state index contributed by atoms with van der Waals surface area (Å²) in [5.41, 5.74) is 2.68. The monoisotopic (exact) mass is 385 g/mol. The Morgan fingerprint density at radius 2 is 2.11 bits per heavy atom. The van der Waals surface area contributed by atoms with Gasteiger partial charge in [0.15, 0.2) is 0 Å². The van der Waals surface area contributed by atoms with Crippen LogP contribution in [0.25, 0.3) is 0 Å². The standard InChI is InChI=1S/C21H27N3O2S/c25-19(15-23-9-7-20-18(13-23)8-11-27-20)12-22-21(26)24-10-6-17(14-24)16-4-2-1-3-5-16/h1-5,8,11,17,19,25H,6-7,9-10,12-15H2,(H,22,26). The van der Waals surface area contributed by atoms with Crippen LogP contribution in [0.15, 0.2) is 41.8 Å². The van der Waals surface area contributed by atoms with E-state index in [1.807, 2.05) is 34.4 Å². The van der Waals surface area contributed by atoms with Crippen molar-refractivity contribution in [3.63, 3.8) is 0 Å². The van der Waals surface area contributed by atoms with Crippen molar-refractivity contribution in [2.24, 2.45) is 0 Å². The Morgan fingerprint density at radius 1 is 1.26 bits per heavy atom. The van der Waals surface area contributed by atoms with Gasteiger partial charge in [-0.05, 0) is 35.4 Å². The molecule has 2 amide bonds. The Labute approximate surface area is 164 Å². The van der Waals surface area contributed by atoms with Gasteiger partial charge in [-0.1, -0.05) is 30.3 Å². The molecule has 1 fully saturated rings. The number of fused-ring (bicyclic) bond motifs is 1. The molecule has 3 heterocycles. The summed E-state index contributed by atoms with van der Waals surface area (Å²) in [6.45, 7) is 4.30. The van der Waals surface area contributed by atoms with E-state index in [1.54, 1.807) is 0 Å². The quantitative estimate of drug-likeness (QED) is 0.832. The number of rotatable bonds is 5. The fraction of sp³-hybridized carbons (Fsp3) is 0.476. The number of hydrogen-bond acceptors (Lipinski definition) is 4. The number of carbonyl (C=O) groups excluding carboxylic acids is 1. The molecule has 4 rings (SSSR count). The molecule has 0 aliphatic carbocycles. The lowest BCUT2D eigenvalue weighted by atomic mass is 9.99. The number of benzene rings is 1. The van der Waals surface area contributed by atoms with Crippen LogP contribution in [0.3, 0.4) is 0 Å². The fourth-order valence-corrected chi connectivity index (χ4v) is 4.97. The van der Waals surface area contributed by atoms with E-state index in [4.69, 9.17) is 0 Å². The number of nitrogens with zero attached hydrogens (tertiary/aromatic N) is 2. The minimum Gasteiger partial charge on any atom is -0.390 e. The van der Waals surface area contributed by atoms with Gasteiger partial charge in [0.1, 0.15) is 0 Å². The van der Waals surface area contributed by atoms with Gasteiger partial charge in [0, 0.05) is 50.1 Å². The minimum atomic E-state index is -0.540. The maximum absolute atomic E-state index is 12.4. The highest BCUT2D eigenvalue weighted by molar-refractivity contribution is 7.10. The highest BCUT2D eigenvalue weighted by Crippen LogP contribution is 2.27. The lowest BCUT2D eigenvalue weighted by Gasteiger charge is -2.29. The van der Waals surface area contributed by atoms with Crippen LogP contribution >= 0.6 is 11.3 Å². The Morgan fingerprint density at radius 3 is 2.96 bits per heavy atom. The molecule has 144 valence electrons. The van der Waals surface area contributed by atoms with Gasteiger partial charge < -0.3 is 15.3 Å². The van der Waals surface area contributed by atoms with E-state index >= 15 is 0 Å². The maximum Gasteiger partial charge on any atom is 0.317 e. The number of carbonyl (C=O) groups is 1.